The van der Waals surface area contributed by atoms with Crippen LogP contribution in [0.4, 0.5) is 0 Å². The van der Waals surface area contributed by atoms with E-state index < -0.39 is 0 Å². The van der Waals surface area contributed by atoms with E-state index in [0.717, 1.165) is 0 Å². The molecular formula is C5H5IN+. The Morgan fingerprint density at radius 2 is 1.86 bits per heavy atom. The van der Waals surface area contributed by atoms with E-state index in [1.165, 1.54) is 3.57 Å². The van der Waals surface area contributed by atoms with Crippen molar-refractivity contribution in [2.24, 2.45) is 0 Å². The molecule has 0 aromatic carbocycles. The van der Waals surface area contributed by atoms with Crippen molar-refractivity contribution in [3.8, 4) is 0 Å². The highest BCUT2D eigenvalue weighted by Crippen LogP contribution is 1.74. The smallest absolute Gasteiger partial charge is 0.264 e. The van der Waals surface area contributed by atoms with E-state index in [1.54, 1.807) is 12.4 Å². The van der Waals surface area contributed by atoms with E-state index >= 15 is 0 Å². The molecule has 0 spiro atoms. The largest absolute Gasteiger partial charge is 0.296 e. The second-order valence-electron chi connectivity index (χ2n) is 1.18. The van der Waals surface area contributed by atoms with Crippen molar-refractivity contribution in [2.75, 3.05) is 0 Å². The van der Waals surface area contributed by atoms with E-state index in [9.17, 15) is 0 Å². The lowest BCUT2D eigenvalue weighted by Gasteiger charge is -1.72. The number of halogens is 1. The van der Waals surface area contributed by atoms with Crippen LogP contribution in [0.25, 0.3) is 0 Å². The first-order valence-electron chi connectivity index (χ1n) is 1.96. The van der Waals surface area contributed by atoms with Gasteiger partial charge >= 0.3 is 0 Å². The first-order valence-corrected chi connectivity index (χ1v) is 3.13. The third-order valence-electron chi connectivity index (χ3n) is 0.650. The molecule has 1 aromatic rings. The van der Waals surface area contributed by atoms with Gasteiger partial charge in [0.2, 0.25) is 0 Å². The number of nitrogens with zero attached hydrogens (tertiary/aromatic N) is 1. The molecule has 0 bridgehead atoms. The predicted molar refractivity (Wildman–Crippen MR) is 24.3 cm³/mol. The van der Waals surface area contributed by atoms with Crippen LogP contribution in [0, 0.1) is 3.57 Å². The standard InChI is InChI=1S/C5H5IN/c6-5-1-3-7-4-2-5/h1-4,6H/q+1. The minimum Gasteiger partial charge on any atom is -0.264 e. The van der Waals surface area contributed by atoms with Crippen LogP contribution in [-0.2, 0) is 0 Å². The predicted octanol–water partition coefficient (Wildman–Crippen LogP) is -2.46. The first kappa shape index (κ1) is 5.03. The van der Waals surface area contributed by atoms with Gasteiger partial charge in [-0.25, -0.2) is 0 Å². The fraction of sp³-hybridized carbons (Fsp3) is 0. The molecule has 1 rings (SSSR count). The molecule has 1 heterocycles. The second-order valence-corrected chi connectivity index (χ2v) is 2.53. The molecule has 36 valence electrons. The van der Waals surface area contributed by atoms with Crippen LogP contribution in [0.5, 0.6) is 0 Å². The van der Waals surface area contributed by atoms with E-state index in [-0.39, 0.29) is 0 Å². The van der Waals surface area contributed by atoms with E-state index in [4.69, 9.17) is 0 Å². The molecule has 2 heteroatoms. The Kier molecular flexibility index (Phi) is 1.62. The van der Waals surface area contributed by atoms with Gasteiger partial charge in [-0.2, -0.15) is 0 Å². The van der Waals surface area contributed by atoms with Crippen LogP contribution in [0.15, 0.2) is 24.5 Å². The van der Waals surface area contributed by atoms with Gasteiger partial charge in [0.1, 0.15) is 0 Å². The molecule has 0 aliphatic rings. The Hall–Kier alpha value is -0.120. The summed E-state index contributed by atoms with van der Waals surface area (Å²) in [5.74, 6) is 0. The van der Waals surface area contributed by atoms with Gasteiger partial charge in [0.25, 0.3) is 22.6 Å². The summed E-state index contributed by atoms with van der Waals surface area (Å²) in [7, 11) is 0. The van der Waals surface area contributed by atoms with E-state index in [0.29, 0.717) is 0 Å². The average molecular weight is 206 g/mol. The maximum atomic E-state index is 3.85. The molecule has 0 N–H and O–H groups in total. The molecule has 0 amide bonds. The molecule has 7 heavy (non-hydrogen) atoms. The molecule has 1 nitrogen and oxygen atoms in total. The van der Waals surface area contributed by atoms with E-state index in [2.05, 4.69) is 4.98 Å². The number of rotatable bonds is 0. The molecule has 0 aliphatic carbocycles. The average Bonchev–Trinajstić information content (AvgIpc) is 1.69. The maximum Gasteiger partial charge on any atom is 0.296 e. The molecular weight excluding hydrogens is 201 g/mol. The Labute approximate surface area is 55.9 Å². The van der Waals surface area contributed by atoms with Crippen LogP contribution in [-0.4, -0.2) is 4.98 Å². The SMILES string of the molecule is [IH+]c1ccncc1. The topological polar surface area (TPSA) is 12.9 Å². The van der Waals surface area contributed by atoms with Gasteiger partial charge in [-0.15, -0.1) is 0 Å². The van der Waals surface area contributed by atoms with Crippen LogP contribution < -0.4 is 22.6 Å². The molecule has 1 aromatic heterocycles. The highest BCUT2D eigenvalue weighted by molar-refractivity contribution is 4.87. The normalized spacial score (nSPS) is 8.71. The Morgan fingerprint density at radius 3 is 2.14 bits per heavy atom. The molecule has 0 radical (unpaired) electrons. The summed E-state index contributed by atoms with van der Waals surface area (Å²) in [4.78, 5) is 3.85. The lowest BCUT2D eigenvalue weighted by molar-refractivity contribution is -0.328. The zero-order valence-electron chi connectivity index (χ0n) is 3.66. The van der Waals surface area contributed by atoms with Crippen molar-refractivity contribution in [2.45, 2.75) is 0 Å². The zero-order chi connectivity index (χ0) is 5.11. The van der Waals surface area contributed by atoms with Crippen LogP contribution in [0.1, 0.15) is 0 Å². The van der Waals surface area contributed by atoms with Gasteiger partial charge in [-0.1, -0.05) is 0 Å². The Bertz CT molecular complexity index is 138. The number of hydrogen-bond acceptors (Lipinski definition) is 1. The summed E-state index contributed by atoms with van der Waals surface area (Å²) in [6.07, 6.45) is 3.58. The molecule has 0 saturated carbocycles. The van der Waals surface area contributed by atoms with Crippen molar-refractivity contribution >= 4 is 0 Å². The van der Waals surface area contributed by atoms with Gasteiger partial charge < -0.3 is 0 Å². The monoisotopic (exact) mass is 206 g/mol. The summed E-state index contributed by atoms with van der Waals surface area (Å²) in [6.45, 7) is 0. The highest BCUT2D eigenvalue weighted by atomic mass is 127. The minimum atomic E-state index is 1.27. The lowest BCUT2D eigenvalue weighted by Crippen LogP contribution is -3.34. The first-order chi connectivity index (χ1) is 3.39. The third-order valence-corrected chi connectivity index (χ3v) is 1.43. The van der Waals surface area contributed by atoms with Gasteiger partial charge in [0, 0.05) is 24.5 Å². The van der Waals surface area contributed by atoms with Crippen molar-refractivity contribution in [1.82, 2.24) is 4.98 Å². The van der Waals surface area contributed by atoms with Gasteiger partial charge in [-0.3, -0.25) is 4.98 Å². The number of hydrogen-bond donors (Lipinski definition) is 0. The summed E-state index contributed by atoms with van der Waals surface area (Å²) in [5.41, 5.74) is 0. The van der Waals surface area contributed by atoms with Gasteiger partial charge in [0.05, 0.1) is 0 Å². The number of pyridine rings is 1. The summed E-state index contributed by atoms with van der Waals surface area (Å²) in [5, 5.41) is 0. The molecule has 0 atom stereocenters. The van der Waals surface area contributed by atoms with Crippen molar-refractivity contribution in [3.63, 3.8) is 0 Å². The fourth-order valence-electron chi connectivity index (χ4n) is 0.338. The minimum absolute atomic E-state index is 1.27. The summed E-state index contributed by atoms with van der Waals surface area (Å²) >= 11 is 1.98. The summed E-state index contributed by atoms with van der Waals surface area (Å²) < 4.78 is 1.27. The molecule has 0 fully saturated rings. The molecule has 0 unspecified atom stereocenters. The summed E-state index contributed by atoms with van der Waals surface area (Å²) in [6, 6.07) is 3.95. The second kappa shape index (κ2) is 2.26. The number of aromatic nitrogens is 1. The third kappa shape index (κ3) is 1.43. The van der Waals surface area contributed by atoms with Crippen molar-refractivity contribution in [3.05, 3.63) is 28.1 Å². The Balaban J connectivity index is 3.02. The molecule has 0 aliphatic heterocycles. The maximum absolute atomic E-state index is 3.85. The van der Waals surface area contributed by atoms with Crippen molar-refractivity contribution in [1.29, 1.82) is 0 Å². The highest BCUT2D eigenvalue weighted by Gasteiger charge is 1.86. The van der Waals surface area contributed by atoms with E-state index in [1.807, 2.05) is 34.7 Å². The Morgan fingerprint density at radius 1 is 1.29 bits per heavy atom. The van der Waals surface area contributed by atoms with Gasteiger partial charge in [0.15, 0.2) is 3.57 Å². The fourth-order valence-corrected chi connectivity index (χ4v) is 0.686. The van der Waals surface area contributed by atoms with Crippen LogP contribution in [0.3, 0.4) is 0 Å². The van der Waals surface area contributed by atoms with Crippen molar-refractivity contribution < 1.29 is 22.6 Å². The lowest BCUT2D eigenvalue weighted by atomic mass is 10.5. The molecule has 0 saturated heterocycles. The van der Waals surface area contributed by atoms with Gasteiger partial charge in [-0.05, 0) is 0 Å². The zero-order valence-corrected chi connectivity index (χ0v) is 6.00. The van der Waals surface area contributed by atoms with Crippen LogP contribution >= 0.6 is 0 Å². The quantitative estimate of drug-likeness (QED) is 0.429. The van der Waals surface area contributed by atoms with Crippen LogP contribution in [0.2, 0.25) is 0 Å².